The molecule has 2 fully saturated rings. The minimum Gasteiger partial charge on any atom is -0.342 e. The van der Waals surface area contributed by atoms with Crippen LogP contribution in [0.15, 0.2) is 95.0 Å². The first-order chi connectivity index (χ1) is 18.6. The Morgan fingerprint density at radius 1 is 0.974 bits per heavy atom. The Morgan fingerprint density at radius 3 is 2.58 bits per heavy atom. The molecule has 1 aliphatic heterocycles. The van der Waals surface area contributed by atoms with Crippen LogP contribution in [0.3, 0.4) is 0 Å². The molecule has 3 aromatic carbocycles. The van der Waals surface area contributed by atoms with Crippen LogP contribution >= 0.6 is 11.8 Å². The number of carbonyl (C=O) groups excluding carboxylic acids is 1. The van der Waals surface area contributed by atoms with Crippen LogP contribution in [-0.4, -0.2) is 26.6 Å². The maximum absolute atomic E-state index is 14.0. The van der Waals surface area contributed by atoms with Crippen LogP contribution < -0.4 is 0 Å². The summed E-state index contributed by atoms with van der Waals surface area (Å²) in [6, 6.07) is 27.3. The number of fused-ring (bicyclic) bond motifs is 1. The third-order valence-electron chi connectivity index (χ3n) is 7.76. The van der Waals surface area contributed by atoms with E-state index in [2.05, 4.69) is 79.2 Å². The van der Waals surface area contributed by atoms with E-state index in [-0.39, 0.29) is 11.9 Å². The molecule has 2 aliphatic rings. The highest BCUT2D eigenvalue weighted by molar-refractivity contribution is 8.18. The number of para-hydroxylation sites is 2. The molecule has 2 heterocycles. The number of benzene rings is 3. The second-order valence-corrected chi connectivity index (χ2v) is 11.6. The second kappa shape index (κ2) is 10.7. The van der Waals surface area contributed by atoms with Gasteiger partial charge in [0.25, 0.3) is 5.91 Å². The van der Waals surface area contributed by atoms with Crippen LogP contribution in [0.25, 0.3) is 17.0 Å². The Bertz CT molecular complexity index is 1530. The van der Waals surface area contributed by atoms with Crippen molar-refractivity contribution in [3.05, 3.63) is 107 Å². The molecule has 0 N–H and O–H groups in total. The number of amidine groups is 1. The molecule has 4 nitrogen and oxygen atoms in total. The Hall–Kier alpha value is -3.57. The smallest absolute Gasteiger partial charge is 0.267 e. The quantitative estimate of drug-likeness (QED) is 0.249. The van der Waals surface area contributed by atoms with Crippen molar-refractivity contribution in [3.63, 3.8) is 0 Å². The standard InChI is InChI=1S/C33H33N3OS/c1-23-11-10-13-25(19-23)21-35-22-26(28-16-7-9-18-30(28)35)20-31-32(37)36(29-17-8-6-12-24(29)2)33(38-31)34-27-14-4-3-5-15-27/h3-5,7,9-11,13-16,18-20,22,24,29H,6,8,12,17,21H2,1-2H3/b31-20-,34-33?/t24-,29+/m1/s1. The average Bonchev–Trinajstić information content (AvgIpc) is 3.42. The Balaban J connectivity index is 1.40. The zero-order valence-electron chi connectivity index (χ0n) is 22.0. The van der Waals surface area contributed by atoms with Gasteiger partial charge < -0.3 is 4.57 Å². The fourth-order valence-electron chi connectivity index (χ4n) is 5.82. The van der Waals surface area contributed by atoms with Gasteiger partial charge in [-0.25, -0.2) is 4.99 Å². The monoisotopic (exact) mass is 519 g/mol. The highest BCUT2D eigenvalue weighted by Gasteiger charge is 2.41. The van der Waals surface area contributed by atoms with E-state index in [1.807, 2.05) is 35.2 Å². The molecule has 0 unspecified atom stereocenters. The number of amides is 1. The molecule has 6 rings (SSSR count). The molecule has 1 saturated carbocycles. The summed E-state index contributed by atoms with van der Waals surface area (Å²) in [5.41, 5.74) is 5.66. The predicted molar refractivity (Wildman–Crippen MR) is 160 cm³/mol. The summed E-state index contributed by atoms with van der Waals surface area (Å²) >= 11 is 1.51. The molecular formula is C33H33N3OS. The summed E-state index contributed by atoms with van der Waals surface area (Å²) in [7, 11) is 0. The van der Waals surface area contributed by atoms with E-state index in [0.29, 0.717) is 5.92 Å². The van der Waals surface area contributed by atoms with Gasteiger partial charge in [0.2, 0.25) is 0 Å². The number of nitrogens with zero attached hydrogens (tertiary/aromatic N) is 3. The molecule has 1 aliphatic carbocycles. The highest BCUT2D eigenvalue weighted by atomic mass is 32.2. The van der Waals surface area contributed by atoms with Gasteiger partial charge in [0.1, 0.15) is 0 Å². The van der Waals surface area contributed by atoms with Crippen molar-refractivity contribution < 1.29 is 4.79 Å². The van der Waals surface area contributed by atoms with Crippen LogP contribution in [0.4, 0.5) is 5.69 Å². The largest absolute Gasteiger partial charge is 0.342 e. The fraction of sp³-hybridized carbons (Fsp3) is 0.273. The Labute approximate surface area is 229 Å². The van der Waals surface area contributed by atoms with E-state index in [0.717, 1.165) is 52.5 Å². The average molecular weight is 520 g/mol. The molecule has 2 atom stereocenters. The Morgan fingerprint density at radius 2 is 1.76 bits per heavy atom. The van der Waals surface area contributed by atoms with Gasteiger partial charge in [0, 0.05) is 35.2 Å². The number of thioether (sulfide) groups is 1. The van der Waals surface area contributed by atoms with E-state index >= 15 is 0 Å². The summed E-state index contributed by atoms with van der Waals surface area (Å²) in [5.74, 6) is 0.545. The topological polar surface area (TPSA) is 37.6 Å². The summed E-state index contributed by atoms with van der Waals surface area (Å²) < 4.78 is 2.29. The normalized spacial score (nSPS) is 22.2. The minimum atomic E-state index is 0.0824. The van der Waals surface area contributed by atoms with Crippen molar-refractivity contribution in [1.82, 2.24) is 9.47 Å². The van der Waals surface area contributed by atoms with E-state index < -0.39 is 0 Å². The number of hydrogen-bond donors (Lipinski definition) is 0. The fourth-order valence-corrected chi connectivity index (χ4v) is 6.86. The number of carbonyl (C=O) groups is 1. The van der Waals surface area contributed by atoms with Gasteiger partial charge in [-0.3, -0.25) is 9.69 Å². The lowest BCUT2D eigenvalue weighted by atomic mass is 9.85. The van der Waals surface area contributed by atoms with Crippen LogP contribution in [-0.2, 0) is 11.3 Å². The van der Waals surface area contributed by atoms with Crippen molar-refractivity contribution in [2.75, 3.05) is 0 Å². The zero-order chi connectivity index (χ0) is 26.1. The van der Waals surface area contributed by atoms with Crippen LogP contribution in [0.1, 0.15) is 49.3 Å². The Kier molecular flexibility index (Phi) is 6.94. The maximum atomic E-state index is 14.0. The lowest BCUT2D eigenvalue weighted by Crippen LogP contribution is -2.44. The van der Waals surface area contributed by atoms with E-state index in [4.69, 9.17) is 4.99 Å². The van der Waals surface area contributed by atoms with Crippen molar-refractivity contribution >= 4 is 45.5 Å². The molecule has 0 radical (unpaired) electrons. The van der Waals surface area contributed by atoms with Gasteiger partial charge in [-0.15, -0.1) is 0 Å². The van der Waals surface area contributed by atoms with Gasteiger partial charge in [-0.2, -0.15) is 0 Å². The van der Waals surface area contributed by atoms with Gasteiger partial charge in [0.05, 0.1) is 10.6 Å². The van der Waals surface area contributed by atoms with Crippen LogP contribution in [0.2, 0.25) is 0 Å². The molecule has 192 valence electrons. The molecule has 5 heteroatoms. The SMILES string of the molecule is Cc1cccc(Cn2cc(/C=C3\SC(=Nc4ccccc4)N([C@H]4CCCC[C@H]4C)C3=O)c3ccccc32)c1. The molecular weight excluding hydrogens is 486 g/mol. The number of aryl methyl sites for hydroxylation is 1. The number of hydrogen-bond acceptors (Lipinski definition) is 3. The van der Waals surface area contributed by atoms with Crippen molar-refractivity contribution in [2.45, 2.75) is 52.1 Å². The van der Waals surface area contributed by atoms with Crippen LogP contribution in [0.5, 0.6) is 0 Å². The summed E-state index contributed by atoms with van der Waals surface area (Å²) in [6.45, 7) is 5.20. The van der Waals surface area contributed by atoms with Crippen molar-refractivity contribution in [1.29, 1.82) is 0 Å². The van der Waals surface area contributed by atoms with Gasteiger partial charge >= 0.3 is 0 Å². The lowest BCUT2D eigenvalue weighted by Gasteiger charge is -2.35. The van der Waals surface area contributed by atoms with E-state index in [1.165, 1.54) is 34.8 Å². The van der Waals surface area contributed by atoms with Crippen molar-refractivity contribution in [2.24, 2.45) is 10.9 Å². The first kappa shape index (κ1) is 24.7. The van der Waals surface area contributed by atoms with Gasteiger partial charge in [-0.05, 0) is 67.3 Å². The first-order valence-electron chi connectivity index (χ1n) is 13.6. The summed E-state index contributed by atoms with van der Waals surface area (Å²) in [5, 5.41) is 1.96. The van der Waals surface area contributed by atoms with Crippen LogP contribution in [0, 0.1) is 12.8 Å². The minimum absolute atomic E-state index is 0.0824. The second-order valence-electron chi connectivity index (χ2n) is 10.6. The first-order valence-corrected chi connectivity index (χ1v) is 14.4. The highest BCUT2D eigenvalue weighted by Crippen LogP contribution is 2.40. The molecule has 0 spiro atoms. The molecule has 1 aromatic heterocycles. The van der Waals surface area contributed by atoms with Gasteiger partial charge in [-0.1, -0.05) is 86.0 Å². The number of rotatable bonds is 5. The lowest BCUT2D eigenvalue weighted by molar-refractivity contribution is -0.124. The van der Waals surface area contributed by atoms with E-state index in [1.54, 1.807) is 0 Å². The molecule has 1 saturated heterocycles. The third kappa shape index (κ3) is 4.95. The predicted octanol–water partition coefficient (Wildman–Crippen LogP) is 8.18. The molecule has 0 bridgehead atoms. The van der Waals surface area contributed by atoms with Crippen molar-refractivity contribution in [3.8, 4) is 0 Å². The van der Waals surface area contributed by atoms with E-state index in [9.17, 15) is 4.79 Å². The summed E-state index contributed by atoms with van der Waals surface area (Å²) in [4.78, 5) is 21.7. The molecule has 4 aromatic rings. The summed E-state index contributed by atoms with van der Waals surface area (Å²) in [6.07, 6.45) is 8.85. The number of aromatic nitrogens is 1. The molecule has 1 amide bonds. The number of aliphatic imine (C=N–C) groups is 1. The maximum Gasteiger partial charge on any atom is 0.267 e. The third-order valence-corrected chi connectivity index (χ3v) is 8.74. The zero-order valence-corrected chi connectivity index (χ0v) is 22.8. The van der Waals surface area contributed by atoms with Gasteiger partial charge in [0.15, 0.2) is 5.17 Å². The molecule has 38 heavy (non-hydrogen) atoms.